The molecule has 1 aliphatic rings. The van der Waals surface area contributed by atoms with E-state index in [9.17, 15) is 9.59 Å². The van der Waals surface area contributed by atoms with Crippen molar-refractivity contribution in [3.05, 3.63) is 99.3 Å². The molecule has 0 radical (unpaired) electrons. The number of carboxylic acid groups (broad SMARTS) is 1. The van der Waals surface area contributed by atoms with Gasteiger partial charge in [-0.05, 0) is 47.6 Å². The van der Waals surface area contributed by atoms with Gasteiger partial charge in [0.15, 0.2) is 0 Å². The highest BCUT2D eigenvalue weighted by molar-refractivity contribution is 6.31. The number of fused-ring (bicyclic) bond motifs is 2. The van der Waals surface area contributed by atoms with Gasteiger partial charge in [0, 0.05) is 6.20 Å². The molecule has 6 nitrogen and oxygen atoms in total. The molecule has 158 valence electrons. The summed E-state index contributed by atoms with van der Waals surface area (Å²) in [6.45, 7) is 0.0839. The summed E-state index contributed by atoms with van der Waals surface area (Å²) >= 11 is 6.12. The van der Waals surface area contributed by atoms with Crippen LogP contribution < -0.4 is 10.6 Å². The van der Waals surface area contributed by atoms with Crippen LogP contribution in [-0.2, 0) is 19.4 Å². The molecule has 0 saturated heterocycles. The second-order valence-corrected chi connectivity index (χ2v) is 7.88. The molecule has 7 heteroatoms. The van der Waals surface area contributed by atoms with E-state index < -0.39 is 5.97 Å². The minimum absolute atomic E-state index is 0.000867. The Morgan fingerprint density at radius 3 is 2.23 bits per heavy atom. The molecule has 0 aliphatic heterocycles. The molecule has 3 N–H and O–H groups in total. The van der Waals surface area contributed by atoms with Crippen molar-refractivity contribution in [3.8, 4) is 0 Å². The molecule has 0 fully saturated rings. The highest BCUT2D eigenvalue weighted by atomic mass is 35.5. The third kappa shape index (κ3) is 4.70. The summed E-state index contributed by atoms with van der Waals surface area (Å²) in [4.78, 5) is 27.9. The third-order valence-corrected chi connectivity index (χ3v) is 5.81. The van der Waals surface area contributed by atoms with Crippen LogP contribution >= 0.6 is 11.6 Å². The van der Waals surface area contributed by atoms with E-state index in [-0.39, 0.29) is 29.2 Å². The fraction of sp³-hybridized carbons (Fsp3) is 0.208. The Hall–Kier alpha value is -3.38. The van der Waals surface area contributed by atoms with Gasteiger partial charge in [-0.3, -0.25) is 4.98 Å². The van der Waals surface area contributed by atoms with Crippen molar-refractivity contribution in [1.29, 1.82) is 0 Å². The van der Waals surface area contributed by atoms with Gasteiger partial charge >= 0.3 is 12.0 Å². The normalized spacial score (nSPS) is 13.3. The Morgan fingerprint density at radius 2 is 1.65 bits per heavy atom. The van der Waals surface area contributed by atoms with E-state index in [2.05, 4.69) is 39.9 Å². The lowest BCUT2D eigenvalue weighted by molar-refractivity contribution is 0.0696. The number of benzene rings is 2. The number of nitrogens with zero attached hydrogens (tertiary/aromatic N) is 1. The summed E-state index contributed by atoms with van der Waals surface area (Å²) in [6.07, 6.45) is 4.20. The largest absolute Gasteiger partial charge is 0.478 e. The van der Waals surface area contributed by atoms with Gasteiger partial charge in [-0.1, -0.05) is 60.1 Å². The lowest BCUT2D eigenvalue weighted by Gasteiger charge is -2.27. The van der Waals surface area contributed by atoms with Crippen LogP contribution in [0.15, 0.2) is 60.8 Å². The summed E-state index contributed by atoms with van der Waals surface area (Å²) < 4.78 is 0. The molecule has 0 atom stereocenters. The van der Waals surface area contributed by atoms with Crippen LogP contribution in [0.4, 0.5) is 4.79 Å². The first-order chi connectivity index (χ1) is 15.0. The number of aryl methyl sites for hydroxylation is 2. The first-order valence-corrected chi connectivity index (χ1v) is 10.5. The Bertz CT molecular complexity index is 1090. The van der Waals surface area contributed by atoms with Gasteiger partial charge in [0.2, 0.25) is 0 Å². The SMILES string of the molecule is O=C(NCc1ncc(C(=O)O)cc1Cl)NC1c2ccccc2CCCc2ccccc21. The fourth-order valence-electron chi connectivity index (χ4n) is 3.94. The summed E-state index contributed by atoms with van der Waals surface area (Å²) in [5.74, 6) is -1.10. The van der Waals surface area contributed by atoms with Gasteiger partial charge in [0.1, 0.15) is 0 Å². The van der Waals surface area contributed by atoms with Crippen molar-refractivity contribution in [1.82, 2.24) is 15.6 Å². The number of carbonyl (C=O) groups excluding carboxylic acids is 1. The van der Waals surface area contributed by atoms with Gasteiger partial charge in [0.25, 0.3) is 0 Å². The van der Waals surface area contributed by atoms with Crippen LogP contribution in [0.3, 0.4) is 0 Å². The maximum atomic E-state index is 12.8. The van der Waals surface area contributed by atoms with Gasteiger partial charge in [-0.25, -0.2) is 9.59 Å². The molecule has 0 bridgehead atoms. The molecular formula is C24H22ClN3O3. The molecule has 2 aromatic carbocycles. The van der Waals surface area contributed by atoms with Gasteiger partial charge < -0.3 is 15.7 Å². The molecule has 3 aromatic rings. The monoisotopic (exact) mass is 435 g/mol. The van der Waals surface area contributed by atoms with E-state index in [1.165, 1.54) is 23.4 Å². The zero-order chi connectivity index (χ0) is 21.8. The predicted molar refractivity (Wildman–Crippen MR) is 118 cm³/mol. The number of carboxylic acids is 1. The second kappa shape index (κ2) is 9.18. The minimum atomic E-state index is -1.10. The Morgan fingerprint density at radius 1 is 1.03 bits per heavy atom. The topological polar surface area (TPSA) is 91.3 Å². The number of hydrogen-bond donors (Lipinski definition) is 3. The summed E-state index contributed by atoms with van der Waals surface area (Å²) in [7, 11) is 0. The average Bonchev–Trinajstić information content (AvgIpc) is 2.76. The van der Waals surface area contributed by atoms with E-state index in [4.69, 9.17) is 16.7 Å². The number of halogens is 1. The molecule has 2 amide bonds. The highest BCUT2D eigenvalue weighted by Gasteiger charge is 2.23. The highest BCUT2D eigenvalue weighted by Crippen LogP contribution is 2.31. The van der Waals surface area contributed by atoms with E-state index in [1.807, 2.05) is 24.3 Å². The van der Waals surface area contributed by atoms with Crippen LogP contribution in [-0.4, -0.2) is 22.1 Å². The van der Waals surface area contributed by atoms with E-state index in [0.29, 0.717) is 5.69 Å². The molecule has 1 heterocycles. The van der Waals surface area contributed by atoms with Crippen molar-refractivity contribution in [2.24, 2.45) is 0 Å². The lowest BCUT2D eigenvalue weighted by atomic mass is 9.85. The number of rotatable bonds is 4. The molecule has 0 unspecified atom stereocenters. The Kier molecular flexibility index (Phi) is 6.18. The molecule has 1 aliphatic carbocycles. The molecule has 31 heavy (non-hydrogen) atoms. The first kappa shape index (κ1) is 20.9. The van der Waals surface area contributed by atoms with Crippen molar-refractivity contribution in [2.75, 3.05) is 0 Å². The first-order valence-electron chi connectivity index (χ1n) is 10.1. The van der Waals surface area contributed by atoms with Crippen LogP contribution in [0.2, 0.25) is 5.02 Å². The van der Waals surface area contributed by atoms with Crippen LogP contribution in [0.5, 0.6) is 0 Å². The maximum Gasteiger partial charge on any atom is 0.337 e. The molecule has 0 saturated carbocycles. The van der Waals surface area contributed by atoms with Crippen molar-refractivity contribution >= 4 is 23.6 Å². The molecular weight excluding hydrogens is 414 g/mol. The van der Waals surface area contributed by atoms with Crippen LogP contribution in [0.1, 0.15) is 50.8 Å². The third-order valence-electron chi connectivity index (χ3n) is 5.48. The van der Waals surface area contributed by atoms with Crippen LogP contribution in [0.25, 0.3) is 0 Å². The van der Waals surface area contributed by atoms with Crippen molar-refractivity contribution < 1.29 is 14.7 Å². The van der Waals surface area contributed by atoms with E-state index in [0.717, 1.165) is 30.4 Å². The van der Waals surface area contributed by atoms with Gasteiger partial charge in [-0.15, -0.1) is 0 Å². The predicted octanol–water partition coefficient (Wildman–Crippen LogP) is 4.51. The number of urea groups is 1. The average molecular weight is 436 g/mol. The fourth-order valence-corrected chi connectivity index (χ4v) is 4.17. The number of aromatic carboxylic acids is 1. The number of amides is 2. The number of nitrogens with one attached hydrogen (secondary N) is 2. The smallest absolute Gasteiger partial charge is 0.337 e. The number of hydrogen-bond acceptors (Lipinski definition) is 3. The molecule has 4 rings (SSSR count). The zero-order valence-corrected chi connectivity index (χ0v) is 17.5. The van der Waals surface area contributed by atoms with E-state index in [1.54, 1.807) is 0 Å². The van der Waals surface area contributed by atoms with Gasteiger partial charge in [-0.2, -0.15) is 0 Å². The van der Waals surface area contributed by atoms with Crippen molar-refractivity contribution in [2.45, 2.75) is 31.8 Å². The minimum Gasteiger partial charge on any atom is -0.478 e. The summed E-state index contributed by atoms with van der Waals surface area (Å²) in [5, 5.41) is 15.1. The number of aromatic nitrogens is 1. The summed E-state index contributed by atoms with van der Waals surface area (Å²) in [6, 6.07) is 17.1. The number of carbonyl (C=O) groups is 2. The zero-order valence-electron chi connectivity index (χ0n) is 16.8. The van der Waals surface area contributed by atoms with Gasteiger partial charge in [0.05, 0.1) is 28.9 Å². The standard InChI is InChI=1S/C24H22ClN3O3/c25-20-12-17(23(29)30)13-26-21(20)14-27-24(31)28-22-18-10-3-1-6-15(18)8-5-9-16-7-2-4-11-19(16)22/h1-4,6-7,10-13,22H,5,8-9,14H2,(H,29,30)(H2,27,28,31). The second-order valence-electron chi connectivity index (χ2n) is 7.47. The maximum absolute atomic E-state index is 12.8. The summed E-state index contributed by atoms with van der Waals surface area (Å²) in [5.41, 5.74) is 5.05. The van der Waals surface area contributed by atoms with Crippen LogP contribution in [0, 0.1) is 0 Å². The Labute approximate surface area is 185 Å². The number of pyridine rings is 1. The lowest BCUT2D eigenvalue weighted by Crippen LogP contribution is -2.39. The van der Waals surface area contributed by atoms with Crippen molar-refractivity contribution in [3.63, 3.8) is 0 Å². The molecule has 1 aromatic heterocycles. The van der Waals surface area contributed by atoms with E-state index >= 15 is 0 Å². The Balaban J connectivity index is 1.54. The molecule has 0 spiro atoms. The quantitative estimate of drug-likeness (QED) is 0.562.